The molecule has 0 bridgehead atoms. The van der Waals surface area contributed by atoms with Crippen molar-refractivity contribution in [1.82, 2.24) is 4.31 Å². The van der Waals surface area contributed by atoms with Crippen molar-refractivity contribution >= 4 is 27.6 Å². The number of anilines is 1. The molecule has 166 valence electrons. The molecule has 31 heavy (non-hydrogen) atoms. The van der Waals surface area contributed by atoms with Crippen LogP contribution >= 0.6 is 0 Å². The molecule has 0 aromatic heterocycles. The molecule has 0 saturated carbocycles. The fourth-order valence-electron chi connectivity index (χ4n) is 3.15. The van der Waals surface area contributed by atoms with E-state index in [4.69, 9.17) is 9.47 Å². The first-order valence-corrected chi connectivity index (χ1v) is 11.0. The lowest BCUT2D eigenvalue weighted by molar-refractivity contribution is -0.119. The fourth-order valence-corrected chi connectivity index (χ4v) is 4.59. The van der Waals surface area contributed by atoms with E-state index in [1.54, 1.807) is 0 Å². The lowest BCUT2D eigenvalue weighted by Crippen LogP contribution is -2.40. The SMILES string of the molecule is Cc1cccc(C)c1NC(=O)COC(=O)c1cc(S(=O)(=O)N2CCOCC2)ccc1F. The Morgan fingerprint density at radius 2 is 1.77 bits per heavy atom. The second-order valence-electron chi connectivity index (χ2n) is 7.05. The summed E-state index contributed by atoms with van der Waals surface area (Å²) >= 11 is 0. The van der Waals surface area contributed by atoms with E-state index in [2.05, 4.69) is 5.32 Å². The zero-order chi connectivity index (χ0) is 22.6. The minimum Gasteiger partial charge on any atom is -0.452 e. The first kappa shape index (κ1) is 22.9. The summed E-state index contributed by atoms with van der Waals surface area (Å²) in [5.41, 5.74) is 1.72. The predicted octanol–water partition coefficient (Wildman–Crippen LogP) is 2.26. The molecule has 1 saturated heterocycles. The van der Waals surface area contributed by atoms with Crippen molar-refractivity contribution in [2.24, 2.45) is 0 Å². The summed E-state index contributed by atoms with van der Waals surface area (Å²) in [6.07, 6.45) is 0. The summed E-state index contributed by atoms with van der Waals surface area (Å²) < 4.78 is 50.9. The maximum Gasteiger partial charge on any atom is 0.341 e. The molecule has 1 heterocycles. The number of ether oxygens (including phenoxy) is 2. The van der Waals surface area contributed by atoms with Gasteiger partial charge in [0.25, 0.3) is 5.91 Å². The molecule has 10 heteroatoms. The van der Waals surface area contributed by atoms with Crippen LogP contribution in [0.15, 0.2) is 41.3 Å². The van der Waals surface area contributed by atoms with Gasteiger partial charge in [0.05, 0.1) is 23.7 Å². The van der Waals surface area contributed by atoms with Crippen LogP contribution in [0.5, 0.6) is 0 Å². The number of hydrogen-bond acceptors (Lipinski definition) is 6. The normalized spacial score (nSPS) is 14.8. The number of nitrogens with one attached hydrogen (secondary N) is 1. The highest BCUT2D eigenvalue weighted by atomic mass is 32.2. The molecule has 0 spiro atoms. The van der Waals surface area contributed by atoms with Crippen molar-refractivity contribution in [2.75, 3.05) is 38.2 Å². The van der Waals surface area contributed by atoms with Crippen molar-refractivity contribution < 1.29 is 31.9 Å². The van der Waals surface area contributed by atoms with E-state index in [1.807, 2.05) is 32.0 Å². The standard InChI is InChI=1S/C21H23FN2O6S/c1-14-4-3-5-15(2)20(14)23-19(25)13-30-21(26)17-12-16(6-7-18(17)22)31(27,28)24-8-10-29-11-9-24/h3-7,12H,8-11,13H2,1-2H3,(H,23,25). The highest BCUT2D eigenvalue weighted by Crippen LogP contribution is 2.22. The van der Waals surface area contributed by atoms with E-state index in [9.17, 15) is 22.4 Å². The van der Waals surface area contributed by atoms with E-state index in [0.717, 1.165) is 29.3 Å². The first-order valence-electron chi connectivity index (χ1n) is 9.61. The first-order chi connectivity index (χ1) is 14.7. The number of amides is 1. The monoisotopic (exact) mass is 450 g/mol. The van der Waals surface area contributed by atoms with Crippen LogP contribution in [0.2, 0.25) is 0 Å². The zero-order valence-corrected chi connectivity index (χ0v) is 18.0. The number of carbonyl (C=O) groups is 2. The molecular formula is C21H23FN2O6S. The van der Waals surface area contributed by atoms with Gasteiger partial charge >= 0.3 is 5.97 Å². The molecule has 3 rings (SSSR count). The van der Waals surface area contributed by atoms with E-state index < -0.39 is 39.9 Å². The predicted molar refractivity (Wildman–Crippen MR) is 111 cm³/mol. The second kappa shape index (κ2) is 9.54. The molecule has 1 amide bonds. The number of esters is 1. The smallest absolute Gasteiger partial charge is 0.341 e. The average molecular weight is 450 g/mol. The molecule has 2 aromatic rings. The molecule has 0 aliphatic carbocycles. The third-order valence-electron chi connectivity index (χ3n) is 4.85. The molecule has 0 radical (unpaired) electrons. The molecule has 2 aromatic carbocycles. The lowest BCUT2D eigenvalue weighted by atomic mass is 10.1. The van der Waals surface area contributed by atoms with E-state index in [1.165, 1.54) is 4.31 Å². The van der Waals surface area contributed by atoms with Crippen LogP contribution in [0.25, 0.3) is 0 Å². The van der Waals surface area contributed by atoms with Crippen LogP contribution in [-0.4, -0.2) is 57.5 Å². The Morgan fingerprint density at radius 1 is 1.13 bits per heavy atom. The number of nitrogens with zero attached hydrogens (tertiary/aromatic N) is 1. The quantitative estimate of drug-likeness (QED) is 0.678. The van der Waals surface area contributed by atoms with Gasteiger partial charge in [-0.3, -0.25) is 4.79 Å². The van der Waals surface area contributed by atoms with Crippen LogP contribution in [-0.2, 0) is 24.3 Å². The second-order valence-corrected chi connectivity index (χ2v) is 8.99. The number of sulfonamides is 1. The molecule has 1 aliphatic rings. The van der Waals surface area contributed by atoms with Crippen molar-refractivity contribution in [2.45, 2.75) is 18.7 Å². The summed E-state index contributed by atoms with van der Waals surface area (Å²) in [5, 5.41) is 2.65. The molecule has 8 nitrogen and oxygen atoms in total. The van der Waals surface area contributed by atoms with Crippen molar-refractivity contribution in [3.8, 4) is 0 Å². The van der Waals surface area contributed by atoms with Crippen LogP contribution in [0.3, 0.4) is 0 Å². The number of rotatable bonds is 6. The fraction of sp³-hybridized carbons (Fsp3) is 0.333. The maximum absolute atomic E-state index is 14.2. The van der Waals surface area contributed by atoms with Gasteiger partial charge in [0.15, 0.2) is 6.61 Å². The van der Waals surface area contributed by atoms with Gasteiger partial charge in [-0.25, -0.2) is 17.6 Å². The van der Waals surface area contributed by atoms with Crippen LogP contribution in [0.1, 0.15) is 21.5 Å². The van der Waals surface area contributed by atoms with Gasteiger partial charge in [0.1, 0.15) is 5.82 Å². The number of para-hydroxylation sites is 1. The summed E-state index contributed by atoms with van der Waals surface area (Å²) in [5.74, 6) is -2.67. The number of aryl methyl sites for hydroxylation is 2. The van der Waals surface area contributed by atoms with Gasteiger partial charge in [-0.15, -0.1) is 0 Å². The number of morpholine rings is 1. The van der Waals surface area contributed by atoms with Crippen molar-refractivity contribution in [3.05, 3.63) is 58.9 Å². The Morgan fingerprint density at radius 3 is 2.42 bits per heavy atom. The third-order valence-corrected chi connectivity index (χ3v) is 6.74. The Bertz CT molecular complexity index is 1080. The Hall–Kier alpha value is -2.82. The molecule has 1 fully saturated rings. The van der Waals surface area contributed by atoms with Gasteiger partial charge in [0, 0.05) is 18.8 Å². The summed E-state index contributed by atoms with van der Waals surface area (Å²) in [4.78, 5) is 24.3. The van der Waals surface area contributed by atoms with Crippen LogP contribution < -0.4 is 5.32 Å². The number of hydrogen-bond donors (Lipinski definition) is 1. The molecular weight excluding hydrogens is 427 g/mol. The van der Waals surface area contributed by atoms with Gasteiger partial charge < -0.3 is 14.8 Å². The highest BCUT2D eigenvalue weighted by molar-refractivity contribution is 7.89. The van der Waals surface area contributed by atoms with Crippen LogP contribution in [0, 0.1) is 19.7 Å². The summed E-state index contributed by atoms with van der Waals surface area (Å²) in [6, 6.07) is 8.40. The van der Waals surface area contributed by atoms with E-state index >= 15 is 0 Å². The Labute approximate surface area is 180 Å². The molecule has 1 aliphatic heterocycles. The average Bonchev–Trinajstić information content (AvgIpc) is 2.75. The minimum atomic E-state index is -3.92. The summed E-state index contributed by atoms with van der Waals surface area (Å²) in [6.45, 7) is 3.84. The van der Waals surface area contributed by atoms with E-state index in [-0.39, 0.29) is 31.2 Å². The largest absolute Gasteiger partial charge is 0.452 e. The minimum absolute atomic E-state index is 0.165. The van der Waals surface area contributed by atoms with Crippen LogP contribution in [0.4, 0.5) is 10.1 Å². The van der Waals surface area contributed by atoms with Gasteiger partial charge in [0.2, 0.25) is 10.0 Å². The van der Waals surface area contributed by atoms with Gasteiger partial charge in [-0.05, 0) is 43.2 Å². The Balaban J connectivity index is 1.70. The molecule has 0 unspecified atom stereocenters. The lowest BCUT2D eigenvalue weighted by Gasteiger charge is -2.26. The topological polar surface area (TPSA) is 102 Å². The van der Waals surface area contributed by atoms with Gasteiger partial charge in [-0.2, -0.15) is 4.31 Å². The highest BCUT2D eigenvalue weighted by Gasteiger charge is 2.28. The zero-order valence-electron chi connectivity index (χ0n) is 17.2. The van der Waals surface area contributed by atoms with E-state index in [0.29, 0.717) is 5.69 Å². The third kappa shape index (κ3) is 5.27. The maximum atomic E-state index is 14.2. The number of halogens is 1. The van der Waals surface area contributed by atoms with Crippen molar-refractivity contribution in [3.63, 3.8) is 0 Å². The Kier molecular flexibility index (Phi) is 7.04. The summed E-state index contributed by atoms with van der Waals surface area (Å²) in [7, 11) is -3.92. The number of carbonyl (C=O) groups excluding carboxylic acids is 2. The molecule has 1 N–H and O–H groups in total. The van der Waals surface area contributed by atoms with Crippen molar-refractivity contribution in [1.29, 1.82) is 0 Å². The number of benzene rings is 2. The molecule has 0 atom stereocenters. The van der Waals surface area contributed by atoms with Gasteiger partial charge in [-0.1, -0.05) is 18.2 Å².